The molecule has 0 radical (unpaired) electrons. The van der Waals surface area contributed by atoms with E-state index in [1.807, 2.05) is 32.0 Å². The second-order valence-corrected chi connectivity index (χ2v) is 5.50. The van der Waals surface area contributed by atoms with Gasteiger partial charge in [0.1, 0.15) is 5.82 Å². The van der Waals surface area contributed by atoms with Crippen LogP contribution in [-0.2, 0) is 5.54 Å². The maximum absolute atomic E-state index is 13.9. The topological polar surface area (TPSA) is 26.0 Å². The van der Waals surface area contributed by atoms with Crippen molar-refractivity contribution in [3.63, 3.8) is 0 Å². The summed E-state index contributed by atoms with van der Waals surface area (Å²) in [6, 6.07) is 10.8. The fourth-order valence-electron chi connectivity index (χ4n) is 1.99. The van der Waals surface area contributed by atoms with Crippen molar-refractivity contribution in [1.29, 1.82) is 0 Å². The van der Waals surface area contributed by atoms with Crippen molar-refractivity contribution in [2.75, 3.05) is 0 Å². The van der Waals surface area contributed by atoms with Crippen LogP contribution >= 0.6 is 11.3 Å². The molecule has 0 fully saturated rings. The highest BCUT2D eigenvalue weighted by molar-refractivity contribution is 7.12. The van der Waals surface area contributed by atoms with Gasteiger partial charge in [-0.2, -0.15) is 0 Å². The van der Waals surface area contributed by atoms with Crippen LogP contribution in [0.4, 0.5) is 4.39 Å². The van der Waals surface area contributed by atoms with Gasteiger partial charge in [0.15, 0.2) is 0 Å². The van der Waals surface area contributed by atoms with Crippen LogP contribution in [0.1, 0.15) is 28.7 Å². The molecule has 0 aliphatic rings. The molecule has 2 N–H and O–H groups in total. The van der Waals surface area contributed by atoms with Crippen LogP contribution in [0, 0.1) is 12.7 Å². The molecule has 0 saturated carbocycles. The Balaban J connectivity index is 2.55. The van der Waals surface area contributed by atoms with Crippen LogP contribution in [0.2, 0.25) is 0 Å². The van der Waals surface area contributed by atoms with Gasteiger partial charge in [0.25, 0.3) is 0 Å². The minimum absolute atomic E-state index is 0.233. The molecule has 2 rings (SSSR count). The van der Waals surface area contributed by atoms with Gasteiger partial charge in [0.05, 0.1) is 5.54 Å². The lowest BCUT2D eigenvalue weighted by Gasteiger charge is -2.28. The third-order valence-corrected chi connectivity index (χ3v) is 4.27. The van der Waals surface area contributed by atoms with E-state index in [1.165, 1.54) is 10.9 Å². The molecule has 1 aromatic heterocycles. The average molecular weight is 249 g/mol. The van der Waals surface area contributed by atoms with Crippen molar-refractivity contribution in [1.82, 2.24) is 0 Å². The Morgan fingerprint density at radius 1 is 1.24 bits per heavy atom. The Hall–Kier alpha value is -1.19. The summed E-state index contributed by atoms with van der Waals surface area (Å²) < 4.78 is 13.9. The number of nitrogens with two attached hydrogens (primary N) is 1. The van der Waals surface area contributed by atoms with Crippen LogP contribution in [0.25, 0.3) is 0 Å². The van der Waals surface area contributed by atoms with E-state index in [2.05, 4.69) is 0 Å². The molecule has 1 aromatic carbocycles. The molecular weight excluding hydrogens is 233 g/mol. The summed E-state index contributed by atoms with van der Waals surface area (Å²) in [4.78, 5) is 2.21. The van der Waals surface area contributed by atoms with Gasteiger partial charge in [-0.05, 0) is 31.5 Å². The third kappa shape index (κ3) is 2.13. The van der Waals surface area contributed by atoms with Crippen molar-refractivity contribution < 1.29 is 4.39 Å². The Kier molecular flexibility index (Phi) is 3.31. The minimum Gasteiger partial charge on any atom is -0.317 e. The van der Waals surface area contributed by atoms with Crippen LogP contribution in [0.5, 0.6) is 0 Å². The van der Waals surface area contributed by atoms with Crippen LogP contribution < -0.4 is 5.73 Å². The second-order valence-electron chi connectivity index (χ2n) is 4.22. The fraction of sp³-hybridized carbons (Fsp3) is 0.286. The van der Waals surface area contributed by atoms with Gasteiger partial charge < -0.3 is 5.73 Å². The molecule has 1 nitrogen and oxygen atoms in total. The molecule has 1 unspecified atom stereocenters. The molecule has 90 valence electrons. The van der Waals surface area contributed by atoms with E-state index in [0.717, 1.165) is 4.88 Å². The largest absolute Gasteiger partial charge is 0.317 e. The summed E-state index contributed by atoms with van der Waals surface area (Å²) >= 11 is 1.63. The lowest BCUT2D eigenvalue weighted by atomic mass is 9.86. The molecule has 0 saturated heterocycles. The van der Waals surface area contributed by atoms with E-state index >= 15 is 0 Å². The first-order valence-electron chi connectivity index (χ1n) is 5.68. The van der Waals surface area contributed by atoms with E-state index in [9.17, 15) is 4.39 Å². The van der Waals surface area contributed by atoms with Gasteiger partial charge >= 0.3 is 0 Å². The number of aryl methyl sites for hydroxylation is 1. The van der Waals surface area contributed by atoms with Gasteiger partial charge in [-0.1, -0.05) is 25.1 Å². The first-order valence-corrected chi connectivity index (χ1v) is 6.50. The van der Waals surface area contributed by atoms with Gasteiger partial charge in [-0.15, -0.1) is 11.3 Å². The summed E-state index contributed by atoms with van der Waals surface area (Å²) in [5.41, 5.74) is 6.28. The van der Waals surface area contributed by atoms with E-state index in [-0.39, 0.29) is 5.82 Å². The number of hydrogen-bond acceptors (Lipinski definition) is 2. The zero-order valence-corrected chi connectivity index (χ0v) is 10.9. The van der Waals surface area contributed by atoms with Crippen molar-refractivity contribution in [3.05, 3.63) is 57.5 Å². The molecular formula is C14H16FNS. The molecule has 2 aromatic rings. The normalized spacial score (nSPS) is 14.6. The third-order valence-electron chi connectivity index (χ3n) is 3.09. The van der Waals surface area contributed by atoms with Gasteiger partial charge in [0.2, 0.25) is 0 Å². The standard InChI is InChI=1S/C14H16FNS/c1-3-14(16,13-9-8-10(2)17-13)11-6-4-5-7-12(11)15/h4-9H,3,16H2,1-2H3. The lowest BCUT2D eigenvalue weighted by molar-refractivity contribution is 0.487. The molecule has 17 heavy (non-hydrogen) atoms. The maximum atomic E-state index is 13.9. The van der Waals surface area contributed by atoms with Gasteiger partial charge in [0, 0.05) is 15.3 Å². The number of rotatable bonds is 3. The Bertz CT molecular complexity index is 520. The Labute approximate surface area is 105 Å². The van der Waals surface area contributed by atoms with Crippen LogP contribution in [0.15, 0.2) is 36.4 Å². The molecule has 0 aliphatic heterocycles. The van der Waals surface area contributed by atoms with Crippen molar-refractivity contribution in [2.24, 2.45) is 5.73 Å². The molecule has 1 heterocycles. The van der Waals surface area contributed by atoms with Crippen molar-refractivity contribution in [3.8, 4) is 0 Å². The quantitative estimate of drug-likeness (QED) is 0.879. The lowest BCUT2D eigenvalue weighted by Crippen LogP contribution is -2.37. The monoisotopic (exact) mass is 249 g/mol. The molecule has 3 heteroatoms. The summed E-state index contributed by atoms with van der Waals surface area (Å²) in [7, 11) is 0. The summed E-state index contributed by atoms with van der Waals surface area (Å²) in [5, 5.41) is 0. The molecule has 0 amide bonds. The number of thiophene rings is 1. The van der Waals surface area contributed by atoms with Crippen LogP contribution in [0.3, 0.4) is 0 Å². The smallest absolute Gasteiger partial charge is 0.128 e. The second kappa shape index (κ2) is 4.59. The maximum Gasteiger partial charge on any atom is 0.128 e. The van der Waals surface area contributed by atoms with Gasteiger partial charge in [-0.3, -0.25) is 0 Å². The highest BCUT2D eigenvalue weighted by atomic mass is 32.1. The van der Waals surface area contributed by atoms with E-state index < -0.39 is 5.54 Å². The van der Waals surface area contributed by atoms with Gasteiger partial charge in [-0.25, -0.2) is 4.39 Å². The van der Waals surface area contributed by atoms with Crippen LogP contribution in [-0.4, -0.2) is 0 Å². The molecule has 0 aliphatic carbocycles. The summed E-state index contributed by atoms with van der Waals surface area (Å²) in [5.74, 6) is -0.233. The minimum atomic E-state index is -0.718. The Morgan fingerprint density at radius 2 is 1.94 bits per heavy atom. The number of benzene rings is 1. The fourth-order valence-corrected chi connectivity index (χ4v) is 3.05. The SMILES string of the molecule is CCC(N)(c1ccc(C)s1)c1ccccc1F. The van der Waals surface area contributed by atoms with E-state index in [4.69, 9.17) is 5.73 Å². The highest BCUT2D eigenvalue weighted by Crippen LogP contribution is 2.35. The summed E-state index contributed by atoms with van der Waals surface area (Å²) in [6.45, 7) is 4.02. The first-order chi connectivity index (χ1) is 8.08. The zero-order chi connectivity index (χ0) is 12.5. The molecule has 1 atom stereocenters. The van der Waals surface area contributed by atoms with Crippen molar-refractivity contribution >= 4 is 11.3 Å². The highest BCUT2D eigenvalue weighted by Gasteiger charge is 2.31. The number of hydrogen-bond donors (Lipinski definition) is 1. The van der Waals surface area contributed by atoms with E-state index in [0.29, 0.717) is 12.0 Å². The predicted molar refractivity (Wildman–Crippen MR) is 70.7 cm³/mol. The van der Waals surface area contributed by atoms with Crippen molar-refractivity contribution in [2.45, 2.75) is 25.8 Å². The predicted octanol–water partition coefficient (Wildman–Crippen LogP) is 3.81. The van der Waals surface area contributed by atoms with E-state index in [1.54, 1.807) is 23.5 Å². The number of halogens is 1. The average Bonchev–Trinajstić information content (AvgIpc) is 2.76. The molecule has 0 bridgehead atoms. The summed E-state index contributed by atoms with van der Waals surface area (Å²) in [6.07, 6.45) is 0.674. The molecule has 0 spiro atoms. The first kappa shape index (κ1) is 12.3. The zero-order valence-electron chi connectivity index (χ0n) is 10.0. The Morgan fingerprint density at radius 3 is 2.47 bits per heavy atom.